The second-order valence-corrected chi connectivity index (χ2v) is 6.75. The Kier molecular flexibility index (Phi) is 3.94. The van der Waals surface area contributed by atoms with Crippen molar-refractivity contribution in [2.45, 2.75) is 39.0 Å². The Bertz CT molecular complexity index is 598. The number of hydrogen-bond acceptors (Lipinski definition) is 2. The number of amides is 1. The molecule has 2 fully saturated rings. The molecule has 0 radical (unpaired) electrons. The Morgan fingerprint density at radius 3 is 2.82 bits per heavy atom. The molecule has 3 rings (SSSR count). The monoisotopic (exact) mass is 301 g/mol. The molecule has 22 heavy (non-hydrogen) atoms. The number of nitrogens with zero attached hydrogens (tertiary/aromatic N) is 1. The van der Waals surface area contributed by atoms with E-state index in [0.29, 0.717) is 25.9 Å². The average Bonchev–Trinajstić information content (AvgIpc) is 3.04. The van der Waals surface area contributed by atoms with Crippen molar-refractivity contribution in [3.05, 3.63) is 35.4 Å². The highest BCUT2D eigenvalue weighted by Crippen LogP contribution is 2.48. The first-order valence-electron chi connectivity index (χ1n) is 8.08. The van der Waals surface area contributed by atoms with Crippen LogP contribution in [0.4, 0.5) is 0 Å². The van der Waals surface area contributed by atoms with E-state index < -0.39 is 11.4 Å². The molecule has 1 N–H and O–H groups in total. The highest BCUT2D eigenvalue weighted by atomic mass is 16.4. The fraction of sp³-hybridized carbons (Fsp3) is 0.556. The molecule has 2 aliphatic rings. The number of aryl methyl sites for hydroxylation is 2. The summed E-state index contributed by atoms with van der Waals surface area (Å²) in [5.74, 6) is -0.477. The van der Waals surface area contributed by atoms with E-state index >= 15 is 0 Å². The van der Waals surface area contributed by atoms with Gasteiger partial charge in [-0.25, -0.2) is 0 Å². The maximum absolute atomic E-state index is 12.5. The highest BCUT2D eigenvalue weighted by molar-refractivity contribution is 5.81. The number of benzene rings is 1. The summed E-state index contributed by atoms with van der Waals surface area (Å²) in [5.41, 5.74) is 1.73. The third-order valence-corrected chi connectivity index (χ3v) is 5.52. The van der Waals surface area contributed by atoms with Crippen molar-refractivity contribution < 1.29 is 14.7 Å². The molecule has 1 amide bonds. The van der Waals surface area contributed by atoms with E-state index in [4.69, 9.17) is 0 Å². The fourth-order valence-electron chi connectivity index (χ4n) is 4.12. The minimum absolute atomic E-state index is 0.0956. The zero-order valence-electron chi connectivity index (χ0n) is 13.0. The number of fused-ring (bicyclic) bond motifs is 1. The summed E-state index contributed by atoms with van der Waals surface area (Å²) in [6.45, 7) is 3.08. The first-order valence-corrected chi connectivity index (χ1v) is 8.08. The van der Waals surface area contributed by atoms with Gasteiger partial charge in [0.15, 0.2) is 0 Å². The van der Waals surface area contributed by atoms with Crippen LogP contribution in [0.15, 0.2) is 24.3 Å². The molecule has 4 heteroatoms. The van der Waals surface area contributed by atoms with Crippen LogP contribution in [0, 0.1) is 18.3 Å². The molecule has 1 aliphatic carbocycles. The first-order chi connectivity index (χ1) is 10.5. The smallest absolute Gasteiger partial charge is 0.311 e. The van der Waals surface area contributed by atoms with Gasteiger partial charge in [-0.05, 0) is 43.2 Å². The van der Waals surface area contributed by atoms with Crippen LogP contribution in [0.2, 0.25) is 0 Å². The van der Waals surface area contributed by atoms with Gasteiger partial charge in [-0.15, -0.1) is 0 Å². The predicted molar refractivity (Wildman–Crippen MR) is 83.5 cm³/mol. The quantitative estimate of drug-likeness (QED) is 0.930. The summed E-state index contributed by atoms with van der Waals surface area (Å²) in [6, 6.07) is 8.10. The Hall–Kier alpha value is -1.84. The zero-order valence-corrected chi connectivity index (χ0v) is 13.0. The third-order valence-electron chi connectivity index (χ3n) is 5.52. The van der Waals surface area contributed by atoms with Crippen molar-refractivity contribution in [1.82, 2.24) is 4.90 Å². The SMILES string of the molecule is Cc1ccccc1CCC(=O)N1C[C@@H]2CCC[C@@]2(C(=O)O)C1. The van der Waals surface area contributed by atoms with E-state index in [1.165, 1.54) is 11.1 Å². The zero-order chi connectivity index (χ0) is 15.7. The van der Waals surface area contributed by atoms with Gasteiger partial charge in [0.2, 0.25) is 5.91 Å². The average molecular weight is 301 g/mol. The van der Waals surface area contributed by atoms with Gasteiger partial charge in [-0.3, -0.25) is 9.59 Å². The van der Waals surface area contributed by atoms with Gasteiger partial charge in [0.05, 0.1) is 5.41 Å². The Labute approximate surface area is 131 Å². The molecule has 2 atom stereocenters. The molecule has 1 aromatic carbocycles. The van der Waals surface area contributed by atoms with Crippen molar-refractivity contribution in [3.63, 3.8) is 0 Å². The van der Waals surface area contributed by atoms with Gasteiger partial charge in [0.25, 0.3) is 0 Å². The third kappa shape index (κ3) is 2.51. The normalized spacial score (nSPS) is 27.0. The molecule has 4 nitrogen and oxygen atoms in total. The van der Waals surface area contributed by atoms with E-state index in [1.807, 2.05) is 12.1 Å². The molecule has 1 heterocycles. The molecular formula is C18H23NO3. The molecule has 1 aliphatic heterocycles. The number of carboxylic acids is 1. The number of hydrogen-bond donors (Lipinski definition) is 1. The number of carbonyl (C=O) groups excluding carboxylic acids is 1. The summed E-state index contributed by atoms with van der Waals surface area (Å²) in [5, 5.41) is 9.58. The topological polar surface area (TPSA) is 57.6 Å². The van der Waals surface area contributed by atoms with Crippen LogP contribution in [-0.2, 0) is 16.0 Å². The molecular weight excluding hydrogens is 278 g/mol. The van der Waals surface area contributed by atoms with Gasteiger partial charge < -0.3 is 10.0 Å². The van der Waals surface area contributed by atoms with Crippen LogP contribution in [0.5, 0.6) is 0 Å². The molecule has 118 valence electrons. The minimum atomic E-state index is -0.718. The lowest BCUT2D eigenvalue weighted by molar-refractivity contribution is -0.149. The summed E-state index contributed by atoms with van der Waals surface area (Å²) in [4.78, 5) is 25.9. The van der Waals surface area contributed by atoms with Crippen molar-refractivity contribution in [2.24, 2.45) is 11.3 Å². The van der Waals surface area contributed by atoms with Gasteiger partial charge >= 0.3 is 5.97 Å². The molecule has 0 aromatic heterocycles. The van der Waals surface area contributed by atoms with Crippen LogP contribution in [-0.4, -0.2) is 35.0 Å². The lowest BCUT2D eigenvalue weighted by Gasteiger charge is -2.23. The Morgan fingerprint density at radius 2 is 2.14 bits per heavy atom. The van der Waals surface area contributed by atoms with Crippen molar-refractivity contribution in [3.8, 4) is 0 Å². The van der Waals surface area contributed by atoms with Gasteiger partial charge in [-0.2, -0.15) is 0 Å². The molecule has 1 aromatic rings. The van der Waals surface area contributed by atoms with Gasteiger partial charge in [0, 0.05) is 19.5 Å². The fourth-order valence-corrected chi connectivity index (χ4v) is 4.12. The maximum atomic E-state index is 12.5. The number of carbonyl (C=O) groups is 2. The molecule has 1 saturated carbocycles. The summed E-state index contributed by atoms with van der Waals surface area (Å²) < 4.78 is 0. The van der Waals surface area contributed by atoms with Crippen molar-refractivity contribution in [1.29, 1.82) is 0 Å². The van der Waals surface area contributed by atoms with E-state index in [9.17, 15) is 14.7 Å². The molecule has 1 saturated heterocycles. The number of rotatable bonds is 4. The Balaban J connectivity index is 1.63. The first kappa shape index (κ1) is 15.1. The van der Waals surface area contributed by atoms with Crippen LogP contribution in [0.1, 0.15) is 36.8 Å². The molecule has 0 spiro atoms. The van der Waals surface area contributed by atoms with Crippen LogP contribution in [0.25, 0.3) is 0 Å². The standard InChI is InChI=1S/C18H23NO3/c1-13-5-2-3-6-14(13)8-9-16(20)19-11-15-7-4-10-18(15,12-19)17(21)22/h2-3,5-6,15H,4,7-12H2,1H3,(H,21,22)/t15-,18+/m0/s1. The minimum Gasteiger partial charge on any atom is -0.481 e. The van der Waals surface area contributed by atoms with E-state index in [-0.39, 0.29) is 11.8 Å². The second-order valence-electron chi connectivity index (χ2n) is 6.75. The highest BCUT2D eigenvalue weighted by Gasteiger charge is 2.55. The van der Waals surface area contributed by atoms with Crippen molar-refractivity contribution in [2.75, 3.05) is 13.1 Å². The predicted octanol–water partition coefficient (Wildman–Crippen LogP) is 2.64. The van der Waals surface area contributed by atoms with Crippen LogP contribution < -0.4 is 0 Å². The van der Waals surface area contributed by atoms with E-state index in [2.05, 4.69) is 19.1 Å². The maximum Gasteiger partial charge on any atom is 0.311 e. The van der Waals surface area contributed by atoms with Gasteiger partial charge in [0.1, 0.15) is 0 Å². The largest absolute Gasteiger partial charge is 0.481 e. The lowest BCUT2D eigenvalue weighted by Crippen LogP contribution is -2.37. The van der Waals surface area contributed by atoms with Crippen molar-refractivity contribution >= 4 is 11.9 Å². The van der Waals surface area contributed by atoms with E-state index in [1.54, 1.807) is 4.90 Å². The number of carboxylic acid groups (broad SMARTS) is 1. The summed E-state index contributed by atoms with van der Waals surface area (Å²) in [6.07, 6.45) is 3.82. The summed E-state index contributed by atoms with van der Waals surface area (Å²) >= 11 is 0. The molecule has 0 unspecified atom stereocenters. The number of aliphatic carboxylic acids is 1. The molecule has 0 bridgehead atoms. The number of likely N-dealkylation sites (tertiary alicyclic amines) is 1. The second kappa shape index (κ2) is 5.75. The van der Waals surface area contributed by atoms with E-state index in [0.717, 1.165) is 19.3 Å². The lowest BCUT2D eigenvalue weighted by atomic mass is 9.81. The van der Waals surface area contributed by atoms with Crippen LogP contribution >= 0.6 is 0 Å². The Morgan fingerprint density at radius 1 is 1.36 bits per heavy atom. The summed E-state index contributed by atoms with van der Waals surface area (Å²) in [7, 11) is 0. The van der Waals surface area contributed by atoms with Gasteiger partial charge in [-0.1, -0.05) is 30.7 Å². The van der Waals surface area contributed by atoms with Crippen LogP contribution in [0.3, 0.4) is 0 Å².